The number of Topliss-reactive ketones (excluding diaryl/α,β-unsaturated/α-hetero) is 1. The van der Waals surface area contributed by atoms with Gasteiger partial charge in [0.15, 0.2) is 0 Å². The zero-order valence-electron chi connectivity index (χ0n) is 10.6. The highest BCUT2D eigenvalue weighted by Crippen LogP contribution is 2.34. The Morgan fingerprint density at radius 3 is 2.72 bits per heavy atom. The monoisotopic (exact) mass is 246 g/mol. The summed E-state index contributed by atoms with van der Waals surface area (Å²) in [5, 5.41) is 0. The minimum atomic E-state index is -0.566. The maximum absolute atomic E-state index is 11.8. The lowest BCUT2D eigenvalue weighted by atomic mass is 9.77. The van der Waals surface area contributed by atoms with Gasteiger partial charge in [-0.3, -0.25) is 9.59 Å². The van der Waals surface area contributed by atoms with Crippen molar-refractivity contribution in [1.82, 2.24) is 0 Å². The zero-order chi connectivity index (χ0) is 13.0. The summed E-state index contributed by atoms with van der Waals surface area (Å²) in [6, 6.07) is 10.1. The first-order chi connectivity index (χ1) is 8.72. The van der Waals surface area contributed by atoms with Gasteiger partial charge in [-0.05, 0) is 31.2 Å². The minimum Gasteiger partial charge on any atom is -0.465 e. The smallest absolute Gasteiger partial charge is 0.316 e. The molecule has 96 valence electrons. The summed E-state index contributed by atoms with van der Waals surface area (Å²) >= 11 is 0. The summed E-state index contributed by atoms with van der Waals surface area (Å²) in [6.45, 7) is 2.10. The standard InChI is InChI=1S/C15H18O3/c1-2-18-15(17)13-10-12(8-9-14(13)16)11-6-4-3-5-7-11/h3-7,12-13H,2,8-10H2,1H3. The number of esters is 1. The van der Waals surface area contributed by atoms with Crippen molar-refractivity contribution in [3.05, 3.63) is 35.9 Å². The maximum Gasteiger partial charge on any atom is 0.316 e. The molecule has 1 fully saturated rings. The number of rotatable bonds is 3. The molecule has 1 saturated carbocycles. The highest BCUT2D eigenvalue weighted by Gasteiger charge is 2.35. The summed E-state index contributed by atoms with van der Waals surface area (Å²) in [4.78, 5) is 23.5. The molecule has 0 amide bonds. The molecular formula is C15H18O3. The fourth-order valence-corrected chi connectivity index (χ4v) is 2.52. The molecular weight excluding hydrogens is 228 g/mol. The topological polar surface area (TPSA) is 43.4 Å². The molecule has 0 spiro atoms. The molecule has 0 aromatic heterocycles. The Kier molecular flexibility index (Phi) is 4.13. The van der Waals surface area contributed by atoms with E-state index < -0.39 is 5.92 Å². The second-order valence-corrected chi connectivity index (χ2v) is 4.65. The second kappa shape index (κ2) is 5.80. The summed E-state index contributed by atoms with van der Waals surface area (Å²) in [5.41, 5.74) is 1.21. The van der Waals surface area contributed by atoms with Crippen LogP contribution in [0.1, 0.15) is 37.7 Å². The first kappa shape index (κ1) is 12.8. The van der Waals surface area contributed by atoms with Crippen LogP contribution in [-0.4, -0.2) is 18.4 Å². The molecule has 0 radical (unpaired) electrons. The number of benzene rings is 1. The Morgan fingerprint density at radius 2 is 2.06 bits per heavy atom. The van der Waals surface area contributed by atoms with Crippen molar-refractivity contribution in [2.45, 2.75) is 32.1 Å². The van der Waals surface area contributed by atoms with Crippen LogP contribution in [0.5, 0.6) is 0 Å². The van der Waals surface area contributed by atoms with Crippen molar-refractivity contribution in [3.63, 3.8) is 0 Å². The Bertz CT molecular complexity index is 425. The van der Waals surface area contributed by atoms with Gasteiger partial charge in [0, 0.05) is 6.42 Å². The third-order valence-corrected chi connectivity index (χ3v) is 3.49. The Hall–Kier alpha value is -1.64. The average molecular weight is 246 g/mol. The summed E-state index contributed by atoms with van der Waals surface area (Å²) in [5.74, 6) is -0.606. The number of ketones is 1. The highest BCUT2D eigenvalue weighted by molar-refractivity contribution is 5.99. The molecule has 3 nitrogen and oxygen atoms in total. The van der Waals surface area contributed by atoms with Gasteiger partial charge >= 0.3 is 5.97 Å². The molecule has 2 atom stereocenters. The zero-order valence-corrected chi connectivity index (χ0v) is 10.6. The van der Waals surface area contributed by atoms with E-state index in [1.165, 1.54) is 5.56 Å². The van der Waals surface area contributed by atoms with E-state index in [1.54, 1.807) is 6.92 Å². The molecule has 0 N–H and O–H groups in total. The SMILES string of the molecule is CCOC(=O)C1CC(c2ccccc2)CCC1=O. The van der Waals surface area contributed by atoms with E-state index in [1.807, 2.05) is 18.2 Å². The molecule has 2 rings (SSSR count). The van der Waals surface area contributed by atoms with Crippen LogP contribution in [0.25, 0.3) is 0 Å². The second-order valence-electron chi connectivity index (χ2n) is 4.65. The molecule has 18 heavy (non-hydrogen) atoms. The van der Waals surface area contributed by atoms with Gasteiger partial charge < -0.3 is 4.74 Å². The van der Waals surface area contributed by atoms with Gasteiger partial charge in [-0.1, -0.05) is 30.3 Å². The van der Waals surface area contributed by atoms with Crippen LogP contribution in [0, 0.1) is 5.92 Å². The average Bonchev–Trinajstić information content (AvgIpc) is 2.40. The van der Waals surface area contributed by atoms with Gasteiger partial charge in [0.2, 0.25) is 0 Å². The van der Waals surface area contributed by atoms with E-state index in [2.05, 4.69) is 12.1 Å². The van der Waals surface area contributed by atoms with Crippen molar-refractivity contribution in [2.24, 2.45) is 5.92 Å². The normalized spacial score (nSPS) is 23.7. The fraction of sp³-hybridized carbons (Fsp3) is 0.467. The summed E-state index contributed by atoms with van der Waals surface area (Å²) < 4.78 is 4.98. The quantitative estimate of drug-likeness (QED) is 0.608. The molecule has 0 saturated heterocycles. The molecule has 0 aliphatic heterocycles. The number of hydrogen-bond donors (Lipinski definition) is 0. The van der Waals surface area contributed by atoms with E-state index in [9.17, 15) is 9.59 Å². The van der Waals surface area contributed by atoms with Gasteiger partial charge in [-0.2, -0.15) is 0 Å². The van der Waals surface area contributed by atoms with Crippen molar-refractivity contribution in [2.75, 3.05) is 6.61 Å². The fourth-order valence-electron chi connectivity index (χ4n) is 2.52. The van der Waals surface area contributed by atoms with Crippen LogP contribution in [0.4, 0.5) is 0 Å². The highest BCUT2D eigenvalue weighted by atomic mass is 16.5. The first-order valence-electron chi connectivity index (χ1n) is 6.46. The predicted octanol–water partition coefficient (Wildman–Crippen LogP) is 2.70. The van der Waals surface area contributed by atoms with E-state index in [-0.39, 0.29) is 11.8 Å². The Balaban J connectivity index is 2.09. The van der Waals surface area contributed by atoms with Crippen LogP contribution in [0.2, 0.25) is 0 Å². The third kappa shape index (κ3) is 2.78. The lowest BCUT2D eigenvalue weighted by Crippen LogP contribution is -2.31. The van der Waals surface area contributed by atoms with E-state index >= 15 is 0 Å². The van der Waals surface area contributed by atoms with Gasteiger partial charge in [0.1, 0.15) is 11.7 Å². The number of carbonyl (C=O) groups is 2. The summed E-state index contributed by atoms with van der Waals surface area (Å²) in [7, 11) is 0. The predicted molar refractivity (Wildman–Crippen MR) is 68.2 cm³/mol. The molecule has 0 heterocycles. The Morgan fingerprint density at radius 1 is 1.33 bits per heavy atom. The lowest BCUT2D eigenvalue weighted by molar-refractivity contribution is -0.153. The van der Waals surface area contributed by atoms with Gasteiger partial charge in [0.25, 0.3) is 0 Å². The van der Waals surface area contributed by atoms with Crippen molar-refractivity contribution >= 4 is 11.8 Å². The van der Waals surface area contributed by atoms with E-state index in [4.69, 9.17) is 4.74 Å². The molecule has 0 bridgehead atoms. The molecule has 2 unspecified atom stereocenters. The maximum atomic E-state index is 11.8. The van der Waals surface area contributed by atoms with Gasteiger partial charge in [-0.15, -0.1) is 0 Å². The number of ether oxygens (including phenoxy) is 1. The van der Waals surface area contributed by atoms with Crippen LogP contribution < -0.4 is 0 Å². The Labute approximate surface area is 107 Å². The van der Waals surface area contributed by atoms with Gasteiger partial charge in [0.05, 0.1) is 6.61 Å². The van der Waals surface area contributed by atoms with Crippen LogP contribution in [0.3, 0.4) is 0 Å². The van der Waals surface area contributed by atoms with Crippen LogP contribution in [0.15, 0.2) is 30.3 Å². The van der Waals surface area contributed by atoms with Crippen molar-refractivity contribution < 1.29 is 14.3 Å². The van der Waals surface area contributed by atoms with E-state index in [0.717, 1.165) is 6.42 Å². The molecule has 3 heteroatoms. The first-order valence-corrected chi connectivity index (χ1v) is 6.46. The molecule has 1 aliphatic carbocycles. The largest absolute Gasteiger partial charge is 0.465 e. The van der Waals surface area contributed by atoms with Crippen LogP contribution in [-0.2, 0) is 14.3 Å². The molecule has 1 aliphatic rings. The summed E-state index contributed by atoms with van der Waals surface area (Å²) in [6.07, 6.45) is 1.89. The number of hydrogen-bond acceptors (Lipinski definition) is 3. The number of carbonyl (C=O) groups excluding carboxylic acids is 2. The molecule has 1 aromatic rings. The molecule has 1 aromatic carbocycles. The third-order valence-electron chi connectivity index (χ3n) is 3.49. The van der Waals surface area contributed by atoms with Crippen LogP contribution >= 0.6 is 0 Å². The lowest BCUT2D eigenvalue weighted by Gasteiger charge is -2.27. The van der Waals surface area contributed by atoms with Gasteiger partial charge in [-0.25, -0.2) is 0 Å². The van der Waals surface area contributed by atoms with E-state index in [0.29, 0.717) is 25.4 Å². The van der Waals surface area contributed by atoms with Crippen molar-refractivity contribution in [3.8, 4) is 0 Å². The minimum absolute atomic E-state index is 0.0284. The van der Waals surface area contributed by atoms with Crippen molar-refractivity contribution in [1.29, 1.82) is 0 Å².